The van der Waals surface area contributed by atoms with Crippen molar-refractivity contribution in [1.29, 1.82) is 5.41 Å². The van der Waals surface area contributed by atoms with Crippen LogP contribution in [0.25, 0.3) is 0 Å². The molecule has 92 valence electrons. The topological polar surface area (TPSA) is 79.1 Å². The van der Waals surface area contributed by atoms with Crippen molar-refractivity contribution in [3.63, 3.8) is 0 Å². The van der Waals surface area contributed by atoms with E-state index >= 15 is 0 Å². The molecule has 5 N–H and O–H groups in total. The van der Waals surface area contributed by atoms with Crippen LogP contribution in [0.4, 0.5) is 18.9 Å². The molecule has 4 nitrogen and oxygen atoms in total. The molecule has 17 heavy (non-hydrogen) atoms. The zero-order chi connectivity index (χ0) is 13.2. The van der Waals surface area contributed by atoms with E-state index in [1.54, 1.807) is 0 Å². The normalized spacial score (nSPS) is 11.0. The van der Waals surface area contributed by atoms with E-state index in [2.05, 4.69) is 12.2 Å². The molecule has 0 bridgehead atoms. The summed E-state index contributed by atoms with van der Waals surface area (Å²) in [7, 11) is 0. The number of nitrogens with two attached hydrogens (primary N) is 2. The van der Waals surface area contributed by atoms with Gasteiger partial charge in [-0.15, -0.1) is 0 Å². The Bertz CT molecular complexity index is 427. The van der Waals surface area contributed by atoms with Crippen LogP contribution in [0, 0.1) is 5.41 Å². The van der Waals surface area contributed by atoms with Gasteiger partial charge in [0.05, 0.1) is 11.3 Å². The largest absolute Gasteiger partial charge is 0.416 e. The lowest BCUT2D eigenvalue weighted by Crippen LogP contribution is -2.44. The monoisotopic (exact) mass is 262 g/mol. The van der Waals surface area contributed by atoms with Gasteiger partial charge in [-0.25, -0.2) is 0 Å². The molecule has 0 saturated carbocycles. The second-order valence-electron chi connectivity index (χ2n) is 3.10. The highest BCUT2D eigenvalue weighted by Gasteiger charge is 2.30. The molecule has 0 spiro atoms. The van der Waals surface area contributed by atoms with Gasteiger partial charge in [0.25, 0.3) is 0 Å². The minimum atomic E-state index is -4.41. The van der Waals surface area contributed by atoms with E-state index < -0.39 is 17.7 Å². The van der Waals surface area contributed by atoms with Crippen molar-refractivity contribution in [3.8, 4) is 0 Å². The first-order chi connectivity index (χ1) is 7.73. The van der Waals surface area contributed by atoms with Crippen molar-refractivity contribution in [2.75, 3.05) is 4.90 Å². The van der Waals surface area contributed by atoms with Crippen LogP contribution in [0.2, 0.25) is 0 Å². The first-order valence-electron chi connectivity index (χ1n) is 4.34. The number of benzene rings is 1. The molecule has 0 atom stereocenters. The summed E-state index contributed by atoms with van der Waals surface area (Å²) in [5, 5.41) is 7.00. The highest BCUT2D eigenvalue weighted by molar-refractivity contribution is 7.80. The van der Waals surface area contributed by atoms with Gasteiger partial charge in [-0.1, -0.05) is 0 Å². The molecule has 1 aromatic carbocycles. The van der Waals surface area contributed by atoms with Crippen LogP contribution in [0.15, 0.2) is 24.3 Å². The number of guanidine groups is 1. The minimum absolute atomic E-state index is 0.206. The summed E-state index contributed by atoms with van der Waals surface area (Å²) < 4.78 is 36.9. The summed E-state index contributed by atoms with van der Waals surface area (Å²) in [5.41, 5.74) is 9.93. The van der Waals surface area contributed by atoms with Gasteiger partial charge in [0, 0.05) is 0 Å². The van der Waals surface area contributed by atoms with E-state index in [1.165, 1.54) is 0 Å². The lowest BCUT2D eigenvalue weighted by molar-refractivity contribution is -0.137. The maximum atomic E-state index is 12.3. The Morgan fingerprint density at radius 2 is 1.65 bits per heavy atom. The molecule has 0 saturated heterocycles. The fraction of sp³-hybridized carbons (Fsp3) is 0.111. The fourth-order valence-corrected chi connectivity index (χ4v) is 1.39. The molecule has 0 aliphatic heterocycles. The molecule has 0 radical (unpaired) electrons. The van der Waals surface area contributed by atoms with Gasteiger partial charge < -0.3 is 11.5 Å². The van der Waals surface area contributed by atoms with Crippen molar-refractivity contribution in [2.24, 2.45) is 11.5 Å². The van der Waals surface area contributed by atoms with Crippen LogP contribution in [0.5, 0.6) is 0 Å². The molecule has 0 fully saturated rings. The lowest BCUT2D eigenvalue weighted by atomic mass is 10.2. The van der Waals surface area contributed by atoms with Gasteiger partial charge in [-0.3, -0.25) is 10.3 Å². The van der Waals surface area contributed by atoms with E-state index in [0.717, 1.165) is 29.2 Å². The zero-order valence-corrected chi connectivity index (χ0v) is 9.27. The molecular weight excluding hydrogens is 253 g/mol. The maximum absolute atomic E-state index is 12.3. The standard InChI is InChI=1S/C9H9F3N4S/c10-9(11,12)5-1-3-6(4-2-5)16(7(13)14)8(15)17/h1-4H,(H3,13,14)(H2,15,17). The number of hydrogen-bond donors (Lipinski definition) is 3. The molecule has 0 amide bonds. The van der Waals surface area contributed by atoms with Crippen molar-refractivity contribution in [1.82, 2.24) is 0 Å². The van der Waals surface area contributed by atoms with Crippen LogP contribution in [-0.2, 0) is 6.18 Å². The van der Waals surface area contributed by atoms with Crippen LogP contribution < -0.4 is 16.4 Å². The lowest BCUT2D eigenvalue weighted by Gasteiger charge is -2.20. The number of alkyl halides is 3. The first-order valence-corrected chi connectivity index (χ1v) is 4.75. The number of rotatable bonds is 1. The van der Waals surface area contributed by atoms with Crippen molar-refractivity contribution >= 4 is 29.0 Å². The van der Waals surface area contributed by atoms with E-state index in [-0.39, 0.29) is 10.8 Å². The van der Waals surface area contributed by atoms with Gasteiger partial charge in [-0.05, 0) is 36.5 Å². The number of anilines is 1. The number of hydrogen-bond acceptors (Lipinski definition) is 2. The van der Waals surface area contributed by atoms with Crippen molar-refractivity contribution < 1.29 is 13.2 Å². The Hall–Kier alpha value is -1.83. The summed E-state index contributed by atoms with van der Waals surface area (Å²) in [5.74, 6) is -0.461. The van der Waals surface area contributed by atoms with Gasteiger partial charge >= 0.3 is 6.18 Å². The molecule has 0 aliphatic carbocycles. The molecule has 0 aliphatic rings. The Morgan fingerprint density at radius 3 is 1.94 bits per heavy atom. The average molecular weight is 262 g/mol. The third kappa shape index (κ3) is 3.06. The Labute approximate surface area is 101 Å². The molecule has 0 aromatic heterocycles. The van der Waals surface area contributed by atoms with E-state index in [1.807, 2.05) is 0 Å². The molecule has 1 rings (SSSR count). The fourth-order valence-electron chi connectivity index (χ4n) is 1.18. The molecule has 0 unspecified atom stereocenters. The number of thiocarbonyl (C=S) groups is 1. The third-order valence-corrected chi connectivity index (χ3v) is 2.10. The van der Waals surface area contributed by atoms with Gasteiger partial charge in [0.2, 0.25) is 0 Å². The molecular formula is C9H9F3N4S. The molecule has 1 aromatic rings. The summed E-state index contributed by atoms with van der Waals surface area (Å²) in [6.45, 7) is 0. The SMILES string of the molecule is N=C(N)N(C(N)=S)c1ccc(C(F)(F)F)cc1. The van der Waals surface area contributed by atoms with Crippen LogP contribution in [0.3, 0.4) is 0 Å². The highest BCUT2D eigenvalue weighted by Crippen LogP contribution is 2.30. The van der Waals surface area contributed by atoms with Crippen LogP contribution in [-0.4, -0.2) is 11.1 Å². The summed E-state index contributed by atoms with van der Waals surface area (Å²) in [4.78, 5) is 0.954. The summed E-state index contributed by atoms with van der Waals surface area (Å²) >= 11 is 4.64. The van der Waals surface area contributed by atoms with Crippen LogP contribution >= 0.6 is 12.2 Å². The van der Waals surface area contributed by atoms with Crippen LogP contribution in [0.1, 0.15) is 5.56 Å². The minimum Gasteiger partial charge on any atom is -0.376 e. The number of nitrogens with zero attached hydrogens (tertiary/aromatic N) is 1. The second kappa shape index (κ2) is 4.58. The quantitative estimate of drug-likeness (QED) is 0.408. The summed E-state index contributed by atoms with van der Waals surface area (Å²) in [6, 6.07) is 4.01. The Morgan fingerprint density at radius 1 is 1.18 bits per heavy atom. The Kier molecular flexibility index (Phi) is 3.56. The summed E-state index contributed by atoms with van der Waals surface area (Å²) in [6.07, 6.45) is -4.41. The zero-order valence-electron chi connectivity index (χ0n) is 8.45. The van der Waals surface area contributed by atoms with Gasteiger partial charge in [0.15, 0.2) is 11.1 Å². The molecule has 0 heterocycles. The third-order valence-electron chi connectivity index (χ3n) is 1.91. The van der Waals surface area contributed by atoms with E-state index in [9.17, 15) is 13.2 Å². The molecule has 8 heteroatoms. The van der Waals surface area contributed by atoms with E-state index in [4.69, 9.17) is 16.9 Å². The smallest absolute Gasteiger partial charge is 0.376 e. The van der Waals surface area contributed by atoms with Crippen molar-refractivity contribution in [3.05, 3.63) is 29.8 Å². The first kappa shape index (κ1) is 13.2. The number of halogens is 3. The maximum Gasteiger partial charge on any atom is 0.416 e. The van der Waals surface area contributed by atoms with Gasteiger partial charge in [0.1, 0.15) is 0 Å². The number of nitrogens with one attached hydrogen (secondary N) is 1. The Balaban J connectivity index is 3.09. The predicted octanol–water partition coefficient (Wildman–Crippen LogP) is 1.65. The van der Waals surface area contributed by atoms with Crippen molar-refractivity contribution in [2.45, 2.75) is 6.18 Å². The predicted molar refractivity (Wildman–Crippen MR) is 62.6 cm³/mol. The highest BCUT2D eigenvalue weighted by atomic mass is 32.1. The average Bonchev–Trinajstić information content (AvgIpc) is 2.15. The van der Waals surface area contributed by atoms with Gasteiger partial charge in [-0.2, -0.15) is 13.2 Å². The van der Waals surface area contributed by atoms with E-state index in [0.29, 0.717) is 0 Å². The second-order valence-corrected chi connectivity index (χ2v) is 3.52.